The average molecular weight is 569 g/mol. The van der Waals surface area contributed by atoms with Crippen molar-refractivity contribution in [3.63, 3.8) is 0 Å². The lowest BCUT2D eigenvalue weighted by molar-refractivity contribution is 0.768. The Morgan fingerprint density at radius 1 is 0.487 bits per heavy atom. The third-order valence-corrected chi connectivity index (χ3v) is 7.92. The minimum atomic E-state index is -0.610. The minimum Gasteiger partial charge on any atom is -0.310 e. The van der Waals surface area contributed by atoms with Gasteiger partial charge in [-0.15, -0.1) is 0 Å². The van der Waals surface area contributed by atoms with Gasteiger partial charge in [-0.3, -0.25) is 0 Å². The quantitative estimate of drug-likeness (QED) is 0.200. The van der Waals surface area contributed by atoms with Crippen LogP contribution < -0.4 is 4.90 Å². The first-order chi connectivity index (χ1) is 20.9. The van der Waals surface area contributed by atoms with E-state index in [1.165, 1.54) is 5.56 Å². The van der Waals surface area contributed by atoms with Crippen LogP contribution in [0, 0.1) is 0 Å². The van der Waals surface area contributed by atoms with Crippen molar-refractivity contribution in [3.05, 3.63) is 184 Å². The molecule has 7 rings (SSSR count). The van der Waals surface area contributed by atoms with E-state index in [4.69, 9.17) is 5.48 Å². The molecule has 0 amide bonds. The first kappa shape index (κ1) is 19.6. The van der Waals surface area contributed by atoms with Crippen molar-refractivity contribution in [2.75, 3.05) is 4.90 Å². The lowest BCUT2D eigenvalue weighted by Crippen LogP contribution is -2.28. The molecule has 1 aliphatic carbocycles. The minimum absolute atomic E-state index is 0.113. The van der Waals surface area contributed by atoms with Crippen molar-refractivity contribution >= 4 is 33.0 Å². The summed E-state index contributed by atoms with van der Waals surface area (Å²) in [4.78, 5) is 1.84. The number of rotatable bonds is 5. The van der Waals surface area contributed by atoms with Crippen LogP contribution in [0.2, 0.25) is 0 Å². The average Bonchev–Trinajstić information content (AvgIpc) is 3.36. The van der Waals surface area contributed by atoms with Crippen LogP contribution in [0.15, 0.2) is 162 Å². The normalized spacial score (nSPS) is 14.4. The van der Waals surface area contributed by atoms with Gasteiger partial charge in [0.05, 0.1) is 10.9 Å². The molecule has 0 unspecified atom stereocenters. The number of fused-ring (bicyclic) bond motifs is 3. The molecule has 0 radical (unpaired) electrons. The second kappa shape index (κ2) is 9.72. The van der Waals surface area contributed by atoms with Crippen molar-refractivity contribution in [2.24, 2.45) is 0 Å². The topological polar surface area (TPSA) is 3.24 Å². The number of para-hydroxylation sites is 1. The summed E-state index contributed by atoms with van der Waals surface area (Å²) in [5.74, 6) is 0. The van der Waals surface area contributed by atoms with Crippen molar-refractivity contribution in [2.45, 2.75) is 5.41 Å². The van der Waals surface area contributed by atoms with Gasteiger partial charge in [0, 0.05) is 21.5 Å². The highest BCUT2D eigenvalue weighted by molar-refractivity contribution is 9.10. The van der Waals surface area contributed by atoms with Gasteiger partial charge < -0.3 is 4.90 Å². The van der Waals surface area contributed by atoms with Crippen LogP contribution >= 0.6 is 15.9 Å². The summed E-state index contributed by atoms with van der Waals surface area (Å²) in [5.41, 5.74) is 7.93. The van der Waals surface area contributed by atoms with Gasteiger partial charge in [0.15, 0.2) is 0 Å². The van der Waals surface area contributed by atoms with E-state index < -0.39 is 5.41 Å². The van der Waals surface area contributed by atoms with Gasteiger partial charge in [-0.2, -0.15) is 0 Å². The van der Waals surface area contributed by atoms with Crippen LogP contribution in [0.4, 0.5) is 17.1 Å². The standard InChI is InChI=1S/C37H26BrN/c38-29-20-22-31(23-21-29)39(30-16-8-3-9-17-30)32-24-25-34-33-18-10-11-19-35(33)37(36(34)26-32,27-12-4-1-5-13-27)28-14-6-2-7-15-28/h1-26H/i20D,21D,22D,23D. The van der Waals surface area contributed by atoms with Crippen LogP contribution in [0.25, 0.3) is 11.1 Å². The van der Waals surface area contributed by atoms with Crippen LogP contribution in [-0.4, -0.2) is 0 Å². The molecule has 1 aliphatic rings. The van der Waals surface area contributed by atoms with Crippen LogP contribution in [0.3, 0.4) is 0 Å². The number of hydrogen-bond acceptors (Lipinski definition) is 1. The molecule has 0 spiro atoms. The first-order valence-electron chi connectivity index (χ1n) is 14.9. The van der Waals surface area contributed by atoms with Gasteiger partial charge in [0.1, 0.15) is 0 Å². The zero-order valence-corrected chi connectivity index (χ0v) is 22.6. The molecule has 0 aliphatic heterocycles. The predicted molar refractivity (Wildman–Crippen MR) is 166 cm³/mol. The van der Waals surface area contributed by atoms with Crippen LogP contribution in [0.1, 0.15) is 27.7 Å². The zero-order valence-electron chi connectivity index (χ0n) is 25.0. The summed E-state index contributed by atoms with van der Waals surface area (Å²) in [5, 5.41) is 0. The summed E-state index contributed by atoms with van der Waals surface area (Å²) in [6.45, 7) is 0. The molecule has 0 saturated heterocycles. The second-order valence-corrected chi connectivity index (χ2v) is 10.4. The third kappa shape index (κ3) is 3.83. The van der Waals surface area contributed by atoms with Gasteiger partial charge in [-0.1, -0.05) is 125 Å². The van der Waals surface area contributed by atoms with Crippen LogP contribution in [0.5, 0.6) is 0 Å². The smallest absolute Gasteiger partial charge is 0.0714 e. The van der Waals surface area contributed by atoms with E-state index in [0.717, 1.165) is 39.2 Å². The lowest BCUT2D eigenvalue weighted by atomic mass is 9.67. The largest absolute Gasteiger partial charge is 0.310 e. The molecule has 0 aromatic heterocycles. The number of halogens is 1. The Hall–Kier alpha value is -4.40. The monoisotopic (exact) mass is 567 g/mol. The Morgan fingerprint density at radius 2 is 1.03 bits per heavy atom. The fourth-order valence-corrected chi connectivity index (χ4v) is 6.16. The van der Waals surface area contributed by atoms with Crippen molar-refractivity contribution < 1.29 is 5.48 Å². The highest BCUT2D eigenvalue weighted by Crippen LogP contribution is 2.57. The predicted octanol–water partition coefficient (Wildman–Crippen LogP) is 10.3. The summed E-state index contributed by atoms with van der Waals surface area (Å²) >= 11 is 3.27. The van der Waals surface area contributed by atoms with E-state index in [0.29, 0.717) is 0 Å². The Labute approximate surface area is 243 Å². The number of benzene rings is 6. The van der Waals surface area contributed by atoms with Crippen LogP contribution in [-0.2, 0) is 5.41 Å². The highest BCUT2D eigenvalue weighted by Gasteiger charge is 2.46. The molecule has 6 aromatic carbocycles. The van der Waals surface area contributed by atoms with E-state index in [-0.39, 0.29) is 34.3 Å². The Kier molecular flexibility index (Phi) is 4.90. The summed E-state index contributed by atoms with van der Waals surface area (Å²) in [6.07, 6.45) is 0. The lowest BCUT2D eigenvalue weighted by Gasteiger charge is -2.35. The number of nitrogens with zero attached hydrogens (tertiary/aromatic N) is 1. The maximum atomic E-state index is 8.95. The fourth-order valence-electron chi connectivity index (χ4n) is 5.96. The van der Waals surface area contributed by atoms with E-state index in [1.807, 2.05) is 53.4 Å². The molecule has 0 heterocycles. The Balaban J connectivity index is 1.58. The summed E-state index contributed by atoms with van der Waals surface area (Å²) in [7, 11) is 0. The first-order valence-corrected chi connectivity index (χ1v) is 13.7. The molecule has 6 aromatic rings. The fraction of sp³-hybridized carbons (Fsp3) is 0.0270. The third-order valence-electron chi connectivity index (χ3n) is 7.52. The van der Waals surface area contributed by atoms with Crippen molar-refractivity contribution in [3.8, 4) is 11.1 Å². The van der Waals surface area contributed by atoms with Gasteiger partial charge in [0.25, 0.3) is 0 Å². The van der Waals surface area contributed by atoms with E-state index in [2.05, 4.69) is 101 Å². The van der Waals surface area contributed by atoms with E-state index >= 15 is 0 Å². The maximum Gasteiger partial charge on any atom is 0.0714 e. The highest BCUT2D eigenvalue weighted by atomic mass is 79.9. The Morgan fingerprint density at radius 3 is 1.67 bits per heavy atom. The molecule has 0 bridgehead atoms. The molecule has 1 nitrogen and oxygen atoms in total. The molecule has 2 heteroatoms. The molecular formula is C37H26BrN. The molecule has 0 fully saturated rings. The summed E-state index contributed by atoms with van der Waals surface area (Å²) < 4.78 is 35.2. The molecule has 0 saturated carbocycles. The van der Waals surface area contributed by atoms with E-state index in [9.17, 15) is 0 Å². The zero-order chi connectivity index (χ0) is 29.7. The Bertz CT molecular complexity index is 1910. The molecule has 0 N–H and O–H groups in total. The van der Waals surface area contributed by atoms with Crippen molar-refractivity contribution in [1.29, 1.82) is 0 Å². The van der Waals surface area contributed by atoms with Gasteiger partial charge in [-0.25, -0.2) is 0 Å². The molecular weight excluding hydrogens is 538 g/mol. The van der Waals surface area contributed by atoms with E-state index in [1.54, 1.807) is 0 Å². The maximum absolute atomic E-state index is 8.95. The SMILES string of the molecule is [2H]c1c([2H])c(N(c2ccccc2)c2ccc3c(c2)C(c2ccccc2)(c2ccccc2)c2ccccc2-3)c([2H])c([2H])c1Br. The van der Waals surface area contributed by atoms with Gasteiger partial charge >= 0.3 is 0 Å². The number of hydrogen-bond donors (Lipinski definition) is 0. The molecule has 39 heavy (non-hydrogen) atoms. The van der Waals surface area contributed by atoms with Gasteiger partial charge in [-0.05, 0) is 81.8 Å². The van der Waals surface area contributed by atoms with Gasteiger partial charge in [0.2, 0.25) is 0 Å². The number of anilines is 3. The molecule has 186 valence electrons. The molecule has 0 atom stereocenters. The van der Waals surface area contributed by atoms with Crippen molar-refractivity contribution in [1.82, 2.24) is 0 Å². The second-order valence-electron chi connectivity index (χ2n) is 9.59. The summed E-state index contributed by atoms with van der Waals surface area (Å²) in [6, 6.07) is 45.1.